The fourth-order valence-electron chi connectivity index (χ4n) is 3.47. The minimum Gasteiger partial charge on any atom is -0.444 e. The van der Waals surface area contributed by atoms with E-state index in [2.05, 4.69) is 15.0 Å². The van der Waals surface area contributed by atoms with Gasteiger partial charge in [0.1, 0.15) is 29.4 Å². The van der Waals surface area contributed by atoms with Crippen molar-refractivity contribution in [3.63, 3.8) is 0 Å². The highest BCUT2D eigenvalue weighted by molar-refractivity contribution is 5.86. The number of rotatable bonds is 6. The standard InChI is InChI=1S/C23H25F4N3O4/c1-23(2,3)34-22(32)30-12-14(24)8-19(30)20(31)29-10-15-9-17(18(25)11-28-15)13-4-6-16(7-5-13)33-21(26)27/h4-7,9,11,14,19,21H,8,10,12H2,1-3H3,(H,29,31). The van der Waals surface area contributed by atoms with Crippen LogP contribution in [0, 0.1) is 5.82 Å². The Labute approximate surface area is 194 Å². The second-order valence-electron chi connectivity index (χ2n) is 8.76. The van der Waals surface area contributed by atoms with Crippen LogP contribution in [0.15, 0.2) is 36.5 Å². The molecule has 7 nitrogen and oxygen atoms in total. The maximum atomic E-state index is 14.3. The monoisotopic (exact) mass is 483 g/mol. The molecule has 1 aromatic heterocycles. The molecule has 1 aliphatic rings. The first kappa shape index (κ1) is 25.3. The molecule has 2 heterocycles. The van der Waals surface area contributed by atoms with Gasteiger partial charge in [0, 0.05) is 12.0 Å². The summed E-state index contributed by atoms with van der Waals surface area (Å²) < 4.78 is 62.5. The van der Waals surface area contributed by atoms with E-state index in [4.69, 9.17) is 4.74 Å². The highest BCUT2D eigenvalue weighted by atomic mass is 19.3. The Hall–Kier alpha value is -3.37. The lowest BCUT2D eigenvalue weighted by atomic mass is 10.1. The minimum absolute atomic E-state index is 0.0713. The number of amides is 2. The number of nitrogens with one attached hydrogen (secondary N) is 1. The Kier molecular flexibility index (Phi) is 7.63. The lowest BCUT2D eigenvalue weighted by Gasteiger charge is -2.27. The van der Waals surface area contributed by atoms with Gasteiger partial charge in [0.25, 0.3) is 0 Å². The van der Waals surface area contributed by atoms with Crippen LogP contribution >= 0.6 is 0 Å². The van der Waals surface area contributed by atoms with Crippen molar-refractivity contribution in [2.45, 2.75) is 58.2 Å². The highest BCUT2D eigenvalue weighted by Crippen LogP contribution is 2.27. The summed E-state index contributed by atoms with van der Waals surface area (Å²) in [4.78, 5) is 30.1. The number of alkyl halides is 3. The van der Waals surface area contributed by atoms with Crippen LogP contribution in [0.5, 0.6) is 5.75 Å². The molecule has 2 unspecified atom stereocenters. The molecule has 0 spiro atoms. The molecule has 0 bridgehead atoms. The average Bonchev–Trinajstić information content (AvgIpc) is 3.14. The number of ether oxygens (including phenoxy) is 2. The summed E-state index contributed by atoms with van der Waals surface area (Å²) in [6, 6.07) is 5.74. The van der Waals surface area contributed by atoms with Crippen molar-refractivity contribution >= 4 is 12.0 Å². The number of carbonyl (C=O) groups excluding carboxylic acids is 2. The maximum Gasteiger partial charge on any atom is 0.411 e. The first-order valence-electron chi connectivity index (χ1n) is 10.5. The molecule has 1 fully saturated rings. The molecular weight excluding hydrogens is 458 g/mol. The molecule has 0 radical (unpaired) electrons. The molecule has 1 aromatic carbocycles. The van der Waals surface area contributed by atoms with Crippen molar-refractivity contribution in [3.8, 4) is 16.9 Å². The van der Waals surface area contributed by atoms with Gasteiger partial charge >= 0.3 is 12.7 Å². The number of carbonyl (C=O) groups is 2. The van der Waals surface area contributed by atoms with E-state index in [1.54, 1.807) is 20.8 Å². The van der Waals surface area contributed by atoms with Gasteiger partial charge in [-0.2, -0.15) is 8.78 Å². The van der Waals surface area contributed by atoms with Crippen LogP contribution in [0.4, 0.5) is 22.4 Å². The number of benzene rings is 1. The van der Waals surface area contributed by atoms with E-state index in [0.29, 0.717) is 11.3 Å². The number of hydrogen-bond acceptors (Lipinski definition) is 5. The van der Waals surface area contributed by atoms with Crippen LogP contribution in [-0.4, -0.2) is 52.9 Å². The third-order valence-electron chi connectivity index (χ3n) is 4.93. The number of halogens is 4. The van der Waals surface area contributed by atoms with Crippen molar-refractivity contribution in [2.75, 3.05) is 6.54 Å². The van der Waals surface area contributed by atoms with Crippen LogP contribution in [0.25, 0.3) is 11.1 Å². The van der Waals surface area contributed by atoms with Gasteiger partial charge in [-0.1, -0.05) is 12.1 Å². The second-order valence-corrected chi connectivity index (χ2v) is 8.76. The van der Waals surface area contributed by atoms with E-state index < -0.39 is 42.2 Å². The zero-order valence-corrected chi connectivity index (χ0v) is 18.9. The molecule has 2 atom stereocenters. The van der Waals surface area contributed by atoms with E-state index in [1.165, 1.54) is 30.3 Å². The summed E-state index contributed by atoms with van der Waals surface area (Å²) in [5, 5.41) is 2.59. The van der Waals surface area contributed by atoms with Gasteiger partial charge in [-0.15, -0.1) is 0 Å². The Morgan fingerprint density at radius 2 is 1.91 bits per heavy atom. The Balaban J connectivity index is 1.68. The Bertz CT molecular complexity index is 1030. The average molecular weight is 483 g/mol. The zero-order valence-electron chi connectivity index (χ0n) is 18.9. The van der Waals surface area contributed by atoms with Crippen molar-refractivity contribution < 1.29 is 36.6 Å². The van der Waals surface area contributed by atoms with E-state index in [0.717, 1.165) is 11.1 Å². The van der Waals surface area contributed by atoms with Gasteiger partial charge in [-0.05, 0) is 44.5 Å². The van der Waals surface area contributed by atoms with Gasteiger partial charge in [-0.3, -0.25) is 14.7 Å². The van der Waals surface area contributed by atoms with Crippen molar-refractivity contribution in [3.05, 3.63) is 48.0 Å². The van der Waals surface area contributed by atoms with Crippen LogP contribution in [0.3, 0.4) is 0 Å². The van der Waals surface area contributed by atoms with Crippen LogP contribution in [0.2, 0.25) is 0 Å². The molecule has 1 N–H and O–H groups in total. The van der Waals surface area contributed by atoms with E-state index in [9.17, 15) is 27.2 Å². The van der Waals surface area contributed by atoms with Crippen LogP contribution in [0.1, 0.15) is 32.9 Å². The van der Waals surface area contributed by atoms with Gasteiger partial charge in [0.2, 0.25) is 5.91 Å². The predicted molar refractivity (Wildman–Crippen MR) is 114 cm³/mol. The van der Waals surface area contributed by atoms with E-state index >= 15 is 0 Å². The molecule has 1 saturated heterocycles. The summed E-state index contributed by atoms with van der Waals surface area (Å²) in [6.45, 7) is 1.67. The SMILES string of the molecule is CC(C)(C)OC(=O)N1CC(F)CC1C(=O)NCc1cc(-c2ccc(OC(F)F)cc2)c(F)cn1. The van der Waals surface area contributed by atoms with E-state index in [-0.39, 0.29) is 30.8 Å². The first-order valence-corrected chi connectivity index (χ1v) is 10.5. The van der Waals surface area contributed by atoms with Crippen molar-refractivity contribution in [2.24, 2.45) is 0 Å². The van der Waals surface area contributed by atoms with Crippen molar-refractivity contribution in [1.29, 1.82) is 0 Å². The smallest absolute Gasteiger partial charge is 0.411 e. The summed E-state index contributed by atoms with van der Waals surface area (Å²) in [5.41, 5.74) is 0.0329. The molecule has 0 saturated carbocycles. The minimum atomic E-state index is -2.97. The number of aromatic nitrogens is 1. The summed E-state index contributed by atoms with van der Waals surface area (Å²) in [7, 11) is 0. The lowest BCUT2D eigenvalue weighted by Crippen LogP contribution is -2.47. The van der Waals surface area contributed by atoms with Crippen LogP contribution in [-0.2, 0) is 16.1 Å². The maximum absolute atomic E-state index is 14.3. The summed E-state index contributed by atoms with van der Waals surface area (Å²) >= 11 is 0. The van der Waals surface area contributed by atoms with Crippen molar-refractivity contribution in [1.82, 2.24) is 15.2 Å². The van der Waals surface area contributed by atoms with E-state index in [1.807, 2.05) is 0 Å². The third kappa shape index (κ3) is 6.58. The number of nitrogens with zero attached hydrogens (tertiary/aromatic N) is 2. The van der Waals surface area contributed by atoms with Crippen LogP contribution < -0.4 is 10.1 Å². The van der Waals surface area contributed by atoms with Gasteiger partial charge in [-0.25, -0.2) is 13.6 Å². The number of hydrogen-bond donors (Lipinski definition) is 1. The Morgan fingerprint density at radius 3 is 2.53 bits per heavy atom. The third-order valence-corrected chi connectivity index (χ3v) is 4.93. The van der Waals surface area contributed by atoms with Gasteiger partial charge in [0.15, 0.2) is 0 Å². The molecule has 34 heavy (non-hydrogen) atoms. The second kappa shape index (κ2) is 10.3. The van der Waals surface area contributed by atoms with Gasteiger partial charge < -0.3 is 14.8 Å². The molecule has 0 aliphatic carbocycles. The number of pyridine rings is 1. The largest absolute Gasteiger partial charge is 0.444 e. The normalized spacial score (nSPS) is 18.2. The molecule has 2 amide bonds. The topological polar surface area (TPSA) is 80.8 Å². The molecule has 184 valence electrons. The first-order chi connectivity index (χ1) is 15.9. The zero-order chi connectivity index (χ0) is 25.0. The Morgan fingerprint density at radius 1 is 1.24 bits per heavy atom. The molecule has 3 rings (SSSR count). The van der Waals surface area contributed by atoms with Gasteiger partial charge in [0.05, 0.1) is 25.0 Å². The fraction of sp³-hybridized carbons (Fsp3) is 0.435. The molecular formula is C23H25F4N3O4. The quantitative estimate of drug-likeness (QED) is 0.614. The summed E-state index contributed by atoms with van der Waals surface area (Å²) in [6.07, 6.45) is -1.34. The predicted octanol–water partition coefficient (Wildman–Crippen LogP) is 4.45. The lowest BCUT2D eigenvalue weighted by molar-refractivity contribution is -0.125. The molecule has 2 aromatic rings. The summed E-state index contributed by atoms with van der Waals surface area (Å²) in [5.74, 6) is -1.31. The molecule has 1 aliphatic heterocycles. The highest BCUT2D eigenvalue weighted by Gasteiger charge is 2.41. The number of likely N-dealkylation sites (tertiary alicyclic amines) is 1. The fourth-order valence-corrected chi connectivity index (χ4v) is 3.47. The molecule has 11 heteroatoms.